The minimum atomic E-state index is -0.266. The summed E-state index contributed by atoms with van der Waals surface area (Å²) in [6, 6.07) is 1.44. The van der Waals surface area contributed by atoms with Crippen molar-refractivity contribution in [1.29, 1.82) is 0 Å². The van der Waals surface area contributed by atoms with E-state index in [4.69, 9.17) is 14.0 Å². The number of carbonyl (C=O) groups excluding carboxylic acids is 1. The predicted octanol–water partition coefficient (Wildman–Crippen LogP) is 1.85. The quantitative estimate of drug-likeness (QED) is 0.839. The summed E-state index contributed by atoms with van der Waals surface area (Å²) in [4.78, 5) is 12.1. The Morgan fingerprint density at radius 2 is 2.38 bits per heavy atom. The van der Waals surface area contributed by atoms with Gasteiger partial charge in [0, 0.05) is 12.7 Å². The number of nitrogens with one attached hydrogen (secondary N) is 1. The minimum Gasteiger partial charge on any atom is -0.379 e. The molecule has 0 spiro atoms. The molecule has 0 aromatic carbocycles. The number of aryl methyl sites for hydroxylation is 1. The van der Waals surface area contributed by atoms with Gasteiger partial charge >= 0.3 is 0 Å². The van der Waals surface area contributed by atoms with Gasteiger partial charge < -0.3 is 19.3 Å². The van der Waals surface area contributed by atoms with Gasteiger partial charge in [0.25, 0.3) is 5.91 Å². The molecule has 0 unspecified atom stereocenters. The highest BCUT2D eigenvalue weighted by molar-refractivity contribution is 5.92. The molecular weight excluding hydrogens is 272 g/mol. The Kier molecular flexibility index (Phi) is 5.52. The molecular formula is C15H22N2O4. The largest absolute Gasteiger partial charge is 0.379 e. The molecule has 0 aliphatic carbocycles. The Morgan fingerprint density at radius 3 is 3.05 bits per heavy atom. The fourth-order valence-corrected chi connectivity index (χ4v) is 2.11. The molecule has 6 nitrogen and oxygen atoms in total. The van der Waals surface area contributed by atoms with E-state index in [1.807, 2.05) is 19.9 Å². The molecule has 1 amide bonds. The smallest absolute Gasteiger partial charge is 0.273 e. The summed E-state index contributed by atoms with van der Waals surface area (Å²) in [5.74, 6) is 0.342. The van der Waals surface area contributed by atoms with E-state index in [1.165, 1.54) is 5.57 Å². The molecule has 0 saturated carbocycles. The summed E-state index contributed by atoms with van der Waals surface area (Å²) in [6.07, 6.45) is 2.74. The van der Waals surface area contributed by atoms with Crippen molar-refractivity contribution in [3.63, 3.8) is 0 Å². The zero-order chi connectivity index (χ0) is 15.2. The van der Waals surface area contributed by atoms with Crippen LogP contribution >= 0.6 is 0 Å². The van der Waals surface area contributed by atoms with Gasteiger partial charge in [-0.1, -0.05) is 16.8 Å². The summed E-state index contributed by atoms with van der Waals surface area (Å²) >= 11 is 0. The number of nitrogens with zero attached hydrogens (tertiary/aromatic N) is 1. The third-order valence-electron chi connectivity index (χ3n) is 3.27. The average Bonchev–Trinajstić information content (AvgIpc) is 2.87. The first-order valence-electron chi connectivity index (χ1n) is 7.13. The first-order valence-corrected chi connectivity index (χ1v) is 7.13. The van der Waals surface area contributed by atoms with E-state index in [0.717, 1.165) is 6.42 Å². The third-order valence-corrected chi connectivity index (χ3v) is 3.27. The molecule has 1 aliphatic heterocycles. The second kappa shape index (κ2) is 7.38. The second-order valence-electron chi connectivity index (χ2n) is 5.42. The van der Waals surface area contributed by atoms with Crippen LogP contribution in [0.15, 0.2) is 22.2 Å². The third kappa shape index (κ3) is 4.68. The highest BCUT2D eigenvalue weighted by Crippen LogP contribution is 2.13. The van der Waals surface area contributed by atoms with Crippen LogP contribution in [-0.2, 0) is 9.47 Å². The van der Waals surface area contributed by atoms with Crippen molar-refractivity contribution in [2.24, 2.45) is 0 Å². The molecule has 1 saturated heterocycles. The Hall–Kier alpha value is -1.66. The van der Waals surface area contributed by atoms with Crippen LogP contribution in [0.1, 0.15) is 36.5 Å². The molecule has 2 atom stereocenters. The lowest BCUT2D eigenvalue weighted by Crippen LogP contribution is -2.50. The van der Waals surface area contributed by atoms with Crippen LogP contribution in [0.5, 0.6) is 0 Å². The van der Waals surface area contributed by atoms with Gasteiger partial charge in [0.15, 0.2) is 5.69 Å². The zero-order valence-corrected chi connectivity index (χ0v) is 12.7. The van der Waals surface area contributed by atoms with E-state index < -0.39 is 0 Å². The van der Waals surface area contributed by atoms with Crippen molar-refractivity contribution in [2.75, 3.05) is 19.8 Å². The van der Waals surface area contributed by atoms with Crippen molar-refractivity contribution >= 4 is 5.91 Å². The number of amides is 1. The lowest BCUT2D eigenvalue weighted by Gasteiger charge is -2.31. The summed E-state index contributed by atoms with van der Waals surface area (Å²) in [7, 11) is 0. The van der Waals surface area contributed by atoms with Crippen LogP contribution in [0, 0.1) is 6.92 Å². The molecule has 2 heterocycles. The topological polar surface area (TPSA) is 73.6 Å². The molecule has 1 aromatic heterocycles. The van der Waals surface area contributed by atoms with E-state index in [2.05, 4.69) is 10.5 Å². The highest BCUT2D eigenvalue weighted by atomic mass is 16.5. The molecule has 1 aromatic rings. The Morgan fingerprint density at radius 1 is 1.57 bits per heavy atom. The van der Waals surface area contributed by atoms with Crippen LogP contribution in [0.2, 0.25) is 0 Å². The number of allylic oxidation sites excluding steroid dienone is 1. The maximum atomic E-state index is 12.1. The number of rotatable bonds is 5. The normalized spacial score (nSPS) is 21.9. The molecule has 116 valence electrons. The standard InChI is InChI=1S/C15H22N2O4/c1-10(2)4-7-20-14-5-6-19-9-13(14)16-15(18)12-8-11(3)21-17-12/h4,8,13-14H,5-7,9H2,1-3H3,(H,16,18)/t13-,14+/m0/s1. The highest BCUT2D eigenvalue weighted by Gasteiger charge is 2.28. The SMILES string of the molecule is CC(C)=CCO[C@@H]1CCOC[C@@H]1NC(=O)c1cc(C)on1. The average molecular weight is 294 g/mol. The van der Waals surface area contributed by atoms with Gasteiger partial charge in [0.1, 0.15) is 5.76 Å². The fraction of sp³-hybridized carbons (Fsp3) is 0.600. The van der Waals surface area contributed by atoms with Crippen molar-refractivity contribution in [2.45, 2.75) is 39.3 Å². The molecule has 1 N–H and O–H groups in total. The summed E-state index contributed by atoms with van der Waals surface area (Å²) in [5.41, 5.74) is 1.49. The van der Waals surface area contributed by atoms with E-state index in [-0.39, 0.29) is 23.7 Å². The van der Waals surface area contributed by atoms with Gasteiger partial charge in [0.2, 0.25) is 0 Å². The van der Waals surface area contributed by atoms with E-state index in [9.17, 15) is 4.79 Å². The number of aromatic nitrogens is 1. The lowest BCUT2D eigenvalue weighted by atomic mass is 10.1. The van der Waals surface area contributed by atoms with Crippen LogP contribution < -0.4 is 5.32 Å². The first-order chi connectivity index (χ1) is 10.1. The monoisotopic (exact) mass is 294 g/mol. The number of hydrogen-bond acceptors (Lipinski definition) is 5. The van der Waals surface area contributed by atoms with Gasteiger partial charge in [-0.25, -0.2) is 0 Å². The van der Waals surface area contributed by atoms with Crippen molar-refractivity contribution in [3.05, 3.63) is 29.2 Å². The fourth-order valence-electron chi connectivity index (χ4n) is 2.11. The van der Waals surface area contributed by atoms with Gasteiger partial charge in [-0.15, -0.1) is 0 Å². The summed E-state index contributed by atoms with van der Waals surface area (Å²) in [5, 5.41) is 6.62. The van der Waals surface area contributed by atoms with Gasteiger partial charge in [0.05, 0.1) is 25.4 Å². The molecule has 2 rings (SSSR count). The van der Waals surface area contributed by atoms with E-state index >= 15 is 0 Å². The minimum absolute atomic E-state index is 0.0497. The van der Waals surface area contributed by atoms with Crippen LogP contribution in [0.25, 0.3) is 0 Å². The maximum absolute atomic E-state index is 12.1. The Labute approximate surface area is 124 Å². The van der Waals surface area contributed by atoms with Crippen LogP contribution in [0.3, 0.4) is 0 Å². The van der Waals surface area contributed by atoms with Crippen LogP contribution in [-0.4, -0.2) is 43.0 Å². The maximum Gasteiger partial charge on any atom is 0.273 e. The molecule has 0 bridgehead atoms. The number of carbonyl (C=O) groups is 1. The second-order valence-corrected chi connectivity index (χ2v) is 5.42. The molecule has 1 aliphatic rings. The van der Waals surface area contributed by atoms with Gasteiger partial charge in [-0.2, -0.15) is 0 Å². The van der Waals surface area contributed by atoms with Gasteiger partial charge in [-0.05, 0) is 27.2 Å². The molecule has 6 heteroatoms. The van der Waals surface area contributed by atoms with E-state index in [0.29, 0.717) is 25.6 Å². The van der Waals surface area contributed by atoms with E-state index in [1.54, 1.807) is 13.0 Å². The van der Waals surface area contributed by atoms with Crippen molar-refractivity contribution in [3.8, 4) is 0 Å². The zero-order valence-electron chi connectivity index (χ0n) is 12.7. The molecule has 21 heavy (non-hydrogen) atoms. The first kappa shape index (κ1) is 15.7. The summed E-state index contributed by atoms with van der Waals surface area (Å²) in [6.45, 7) is 7.44. The summed E-state index contributed by atoms with van der Waals surface area (Å²) < 4.78 is 16.2. The van der Waals surface area contributed by atoms with Crippen LogP contribution in [0.4, 0.5) is 0 Å². The van der Waals surface area contributed by atoms with Gasteiger partial charge in [-0.3, -0.25) is 4.79 Å². The molecule has 0 radical (unpaired) electrons. The predicted molar refractivity (Wildman–Crippen MR) is 77.1 cm³/mol. The van der Waals surface area contributed by atoms with Crippen molar-refractivity contribution in [1.82, 2.24) is 10.5 Å². The number of hydrogen-bond donors (Lipinski definition) is 1. The Balaban J connectivity index is 1.92. The van der Waals surface area contributed by atoms with Crippen molar-refractivity contribution < 1.29 is 18.8 Å². The Bertz CT molecular complexity index is 506. The lowest BCUT2D eigenvalue weighted by molar-refractivity contribution is -0.0458. The molecule has 1 fully saturated rings. The number of ether oxygens (including phenoxy) is 2.